The molecule has 0 saturated carbocycles. The summed E-state index contributed by atoms with van der Waals surface area (Å²) >= 11 is 0. The number of hydrogen-bond acceptors (Lipinski definition) is 4. The second-order valence-corrected chi connectivity index (χ2v) is 6.68. The second-order valence-electron chi connectivity index (χ2n) is 6.68. The zero-order chi connectivity index (χ0) is 18.7. The number of carbonyl (C=O) groups excluding carboxylic acids is 1. The molecule has 5 heteroatoms. The van der Waals surface area contributed by atoms with Crippen LogP contribution in [-0.2, 0) is 12.8 Å². The Hall–Kier alpha value is -2.82. The number of amides is 1. The predicted molar refractivity (Wildman–Crippen MR) is 103 cm³/mol. The Bertz CT molecular complexity index is 924. The molecule has 3 rings (SSSR count). The summed E-state index contributed by atoms with van der Waals surface area (Å²) in [5.41, 5.74) is 4.49. The summed E-state index contributed by atoms with van der Waals surface area (Å²) in [7, 11) is 1.84. The van der Waals surface area contributed by atoms with Crippen molar-refractivity contribution in [1.29, 1.82) is 0 Å². The van der Waals surface area contributed by atoms with Crippen LogP contribution in [0.25, 0.3) is 10.9 Å². The molecule has 0 spiro atoms. The molecule has 0 fully saturated rings. The highest BCUT2D eigenvalue weighted by molar-refractivity contribution is 6.06. The molecule has 0 unspecified atom stereocenters. The minimum absolute atomic E-state index is 0.00476. The first kappa shape index (κ1) is 18.0. The number of nitrogens with zero attached hydrogens (tertiary/aromatic N) is 4. The van der Waals surface area contributed by atoms with Gasteiger partial charge in [-0.05, 0) is 44.0 Å². The molecule has 0 aliphatic heterocycles. The summed E-state index contributed by atoms with van der Waals surface area (Å²) in [6, 6.07) is 8.05. The summed E-state index contributed by atoms with van der Waals surface area (Å²) in [6.07, 6.45) is 6.67. The monoisotopic (exact) mass is 348 g/mol. The van der Waals surface area contributed by atoms with E-state index in [1.165, 1.54) is 5.56 Å². The molecule has 0 radical (unpaired) electrons. The number of rotatable bonds is 5. The van der Waals surface area contributed by atoms with Crippen LogP contribution in [0.2, 0.25) is 0 Å². The fourth-order valence-electron chi connectivity index (χ4n) is 3.07. The summed E-state index contributed by atoms with van der Waals surface area (Å²) in [6.45, 7) is 6.06. The van der Waals surface area contributed by atoms with Crippen LogP contribution in [0.5, 0.6) is 0 Å². The molecule has 0 bridgehead atoms. The number of benzene rings is 1. The fourth-order valence-corrected chi connectivity index (χ4v) is 3.07. The van der Waals surface area contributed by atoms with Gasteiger partial charge in [0.05, 0.1) is 16.8 Å². The van der Waals surface area contributed by atoms with Crippen LogP contribution in [0.3, 0.4) is 0 Å². The molecule has 1 aromatic carbocycles. The predicted octanol–water partition coefficient (Wildman–Crippen LogP) is 3.60. The molecule has 0 aliphatic rings. The van der Waals surface area contributed by atoms with E-state index < -0.39 is 0 Å². The van der Waals surface area contributed by atoms with Crippen molar-refractivity contribution in [2.45, 2.75) is 39.7 Å². The third kappa shape index (κ3) is 3.72. The summed E-state index contributed by atoms with van der Waals surface area (Å²) in [5.74, 6) is 0.00476. The Balaban J connectivity index is 1.93. The fraction of sp³-hybridized carbons (Fsp3) is 0.333. The average Bonchev–Trinajstić information content (AvgIpc) is 2.66. The zero-order valence-corrected chi connectivity index (χ0v) is 15.7. The van der Waals surface area contributed by atoms with Gasteiger partial charge in [0.15, 0.2) is 0 Å². The van der Waals surface area contributed by atoms with Gasteiger partial charge in [0.1, 0.15) is 0 Å². The van der Waals surface area contributed by atoms with Crippen LogP contribution in [-0.4, -0.2) is 38.8 Å². The molecule has 0 N–H and O–H groups in total. The Kier molecular flexibility index (Phi) is 5.26. The molecule has 1 atom stereocenters. The van der Waals surface area contributed by atoms with E-state index in [9.17, 15) is 4.79 Å². The maximum absolute atomic E-state index is 13.2. The lowest BCUT2D eigenvalue weighted by molar-refractivity contribution is 0.0744. The van der Waals surface area contributed by atoms with Crippen LogP contribution < -0.4 is 0 Å². The van der Waals surface area contributed by atoms with Gasteiger partial charge in [0.25, 0.3) is 5.91 Å². The lowest BCUT2D eigenvalue weighted by Crippen LogP contribution is -2.36. The number of likely N-dealkylation sites (N-methyl/N-ethyl adjacent to an activating group) is 1. The van der Waals surface area contributed by atoms with Gasteiger partial charge in [-0.2, -0.15) is 0 Å². The maximum Gasteiger partial charge on any atom is 0.254 e. The minimum Gasteiger partial charge on any atom is -0.339 e. The Morgan fingerprint density at radius 3 is 2.73 bits per heavy atom. The second kappa shape index (κ2) is 7.60. The highest BCUT2D eigenvalue weighted by Crippen LogP contribution is 2.22. The maximum atomic E-state index is 13.2. The normalized spacial score (nSPS) is 12.2. The molecule has 0 aliphatic carbocycles. The van der Waals surface area contributed by atoms with Crippen molar-refractivity contribution in [2.75, 3.05) is 7.05 Å². The highest BCUT2D eigenvalue weighted by Gasteiger charge is 2.21. The molecule has 2 heterocycles. The van der Waals surface area contributed by atoms with E-state index in [2.05, 4.69) is 34.0 Å². The van der Waals surface area contributed by atoms with Gasteiger partial charge in [-0.1, -0.05) is 13.0 Å². The number of carbonyl (C=O) groups is 1. The lowest BCUT2D eigenvalue weighted by atomic mass is 10.0. The molecule has 3 aromatic rings. The van der Waals surface area contributed by atoms with Crippen LogP contribution in [0.1, 0.15) is 41.2 Å². The molecular weight excluding hydrogens is 324 g/mol. The van der Waals surface area contributed by atoms with Crippen molar-refractivity contribution in [2.24, 2.45) is 0 Å². The molecule has 2 aromatic heterocycles. The first-order valence-corrected chi connectivity index (χ1v) is 8.92. The zero-order valence-electron chi connectivity index (χ0n) is 15.7. The molecule has 26 heavy (non-hydrogen) atoms. The van der Waals surface area contributed by atoms with Crippen molar-refractivity contribution in [1.82, 2.24) is 19.9 Å². The van der Waals surface area contributed by atoms with Gasteiger partial charge in [-0.15, -0.1) is 0 Å². The smallest absolute Gasteiger partial charge is 0.254 e. The van der Waals surface area contributed by atoms with Gasteiger partial charge < -0.3 is 4.90 Å². The van der Waals surface area contributed by atoms with Crippen LogP contribution in [0.15, 0.2) is 42.9 Å². The van der Waals surface area contributed by atoms with Crippen LogP contribution in [0, 0.1) is 6.92 Å². The summed E-state index contributed by atoms with van der Waals surface area (Å²) in [4.78, 5) is 28.0. The number of aromatic nitrogens is 3. The van der Waals surface area contributed by atoms with Gasteiger partial charge in [0, 0.05) is 49.2 Å². The third-order valence-corrected chi connectivity index (χ3v) is 4.74. The van der Waals surface area contributed by atoms with E-state index in [0.717, 1.165) is 28.7 Å². The summed E-state index contributed by atoms with van der Waals surface area (Å²) in [5, 5.41) is 0.915. The SMILES string of the molecule is CCc1ccc2nc(C)cc(C(=O)N(C)[C@H](C)Cc3cnccn3)c2c1. The molecule has 1 amide bonds. The van der Waals surface area contributed by atoms with E-state index in [-0.39, 0.29) is 11.9 Å². The number of aryl methyl sites for hydroxylation is 2. The Morgan fingerprint density at radius 1 is 1.23 bits per heavy atom. The van der Waals surface area contributed by atoms with Crippen molar-refractivity contribution in [3.8, 4) is 0 Å². The summed E-state index contributed by atoms with van der Waals surface area (Å²) < 4.78 is 0. The van der Waals surface area contributed by atoms with Crippen molar-refractivity contribution in [3.05, 3.63) is 65.4 Å². The van der Waals surface area contributed by atoms with E-state index >= 15 is 0 Å². The van der Waals surface area contributed by atoms with Crippen molar-refractivity contribution in [3.63, 3.8) is 0 Å². The standard InChI is InChI=1S/C21H24N4O/c1-5-16-6-7-20-18(12-16)19(10-14(2)24-20)21(26)25(4)15(3)11-17-13-22-8-9-23-17/h6-10,12-13,15H,5,11H2,1-4H3/t15-/m1/s1. The first-order valence-electron chi connectivity index (χ1n) is 8.92. The first-order chi connectivity index (χ1) is 12.5. The van der Waals surface area contributed by atoms with Crippen molar-refractivity contribution < 1.29 is 4.79 Å². The molecule has 5 nitrogen and oxygen atoms in total. The number of hydrogen-bond donors (Lipinski definition) is 0. The minimum atomic E-state index is 0.00476. The topological polar surface area (TPSA) is 59.0 Å². The average molecular weight is 348 g/mol. The Labute approximate surface area is 154 Å². The quantitative estimate of drug-likeness (QED) is 0.707. The van der Waals surface area contributed by atoms with Gasteiger partial charge >= 0.3 is 0 Å². The lowest BCUT2D eigenvalue weighted by Gasteiger charge is -2.25. The molecule has 134 valence electrons. The number of pyridine rings is 1. The van der Waals surface area contributed by atoms with Crippen LogP contribution in [0.4, 0.5) is 0 Å². The van der Waals surface area contributed by atoms with Gasteiger partial charge in [-0.3, -0.25) is 19.7 Å². The van der Waals surface area contributed by atoms with E-state index in [1.807, 2.05) is 33.0 Å². The van der Waals surface area contributed by atoms with Crippen molar-refractivity contribution >= 4 is 16.8 Å². The Morgan fingerprint density at radius 2 is 2.04 bits per heavy atom. The molecular formula is C21H24N4O. The molecule has 0 saturated heterocycles. The number of fused-ring (bicyclic) bond motifs is 1. The van der Waals surface area contributed by atoms with Gasteiger partial charge in [0.2, 0.25) is 0 Å². The van der Waals surface area contributed by atoms with E-state index in [1.54, 1.807) is 23.5 Å². The van der Waals surface area contributed by atoms with E-state index in [4.69, 9.17) is 0 Å². The van der Waals surface area contributed by atoms with E-state index in [0.29, 0.717) is 12.0 Å². The highest BCUT2D eigenvalue weighted by atomic mass is 16.2. The van der Waals surface area contributed by atoms with Crippen LogP contribution >= 0.6 is 0 Å². The third-order valence-electron chi connectivity index (χ3n) is 4.74. The largest absolute Gasteiger partial charge is 0.339 e. The van der Waals surface area contributed by atoms with Gasteiger partial charge in [-0.25, -0.2) is 0 Å².